The average molecular weight is 382 g/mol. The second-order valence-electron chi connectivity index (χ2n) is 6.44. The standard InChI is InChI=1S/C22H26N2O4/c1-26-20-14-17(15-21(27-2)22(20)28-3)19(25)9-6-16-4-7-18(8-5-16)24-12-10-23-11-13-24/h4-9,14-15,23H,10-13H2,1-3H3/b9-6+. The number of benzene rings is 2. The molecule has 0 radical (unpaired) electrons. The number of carbonyl (C=O) groups excluding carboxylic acids is 1. The van der Waals surface area contributed by atoms with Crippen LogP contribution in [0, 0.1) is 0 Å². The van der Waals surface area contributed by atoms with E-state index < -0.39 is 0 Å². The first-order valence-electron chi connectivity index (χ1n) is 9.24. The monoisotopic (exact) mass is 382 g/mol. The minimum atomic E-state index is -0.134. The molecule has 6 nitrogen and oxygen atoms in total. The zero-order valence-corrected chi connectivity index (χ0v) is 16.5. The van der Waals surface area contributed by atoms with Crippen LogP contribution in [0.4, 0.5) is 5.69 Å². The maximum absolute atomic E-state index is 12.6. The van der Waals surface area contributed by atoms with Gasteiger partial charge in [0.1, 0.15) is 0 Å². The molecule has 0 saturated carbocycles. The molecule has 28 heavy (non-hydrogen) atoms. The van der Waals surface area contributed by atoms with Gasteiger partial charge in [0, 0.05) is 37.4 Å². The van der Waals surface area contributed by atoms with Crippen molar-refractivity contribution < 1.29 is 19.0 Å². The quantitative estimate of drug-likeness (QED) is 0.587. The number of hydrogen-bond donors (Lipinski definition) is 1. The third-order valence-electron chi connectivity index (χ3n) is 4.75. The summed E-state index contributed by atoms with van der Waals surface area (Å²) >= 11 is 0. The van der Waals surface area contributed by atoms with E-state index in [4.69, 9.17) is 14.2 Å². The van der Waals surface area contributed by atoms with Crippen LogP contribution in [0.25, 0.3) is 6.08 Å². The van der Waals surface area contributed by atoms with E-state index in [-0.39, 0.29) is 5.78 Å². The van der Waals surface area contributed by atoms with Crippen LogP contribution in [-0.2, 0) is 0 Å². The summed E-state index contributed by atoms with van der Waals surface area (Å²) in [7, 11) is 4.59. The molecule has 1 heterocycles. The topological polar surface area (TPSA) is 60.0 Å². The Hall–Kier alpha value is -2.99. The van der Waals surface area contributed by atoms with E-state index in [1.54, 1.807) is 18.2 Å². The molecular weight excluding hydrogens is 356 g/mol. The molecule has 0 unspecified atom stereocenters. The number of anilines is 1. The van der Waals surface area contributed by atoms with E-state index in [9.17, 15) is 4.79 Å². The largest absolute Gasteiger partial charge is 0.493 e. The number of methoxy groups -OCH3 is 3. The Bertz CT molecular complexity index is 815. The number of carbonyl (C=O) groups is 1. The lowest BCUT2D eigenvalue weighted by Crippen LogP contribution is -2.43. The van der Waals surface area contributed by atoms with Gasteiger partial charge in [-0.15, -0.1) is 0 Å². The van der Waals surface area contributed by atoms with Gasteiger partial charge in [-0.3, -0.25) is 4.79 Å². The number of hydrogen-bond acceptors (Lipinski definition) is 6. The lowest BCUT2D eigenvalue weighted by molar-refractivity contribution is 0.104. The van der Waals surface area contributed by atoms with Crippen molar-refractivity contribution in [3.63, 3.8) is 0 Å². The van der Waals surface area contributed by atoms with Gasteiger partial charge in [-0.05, 0) is 35.9 Å². The summed E-state index contributed by atoms with van der Waals surface area (Å²) in [6, 6.07) is 11.5. The fourth-order valence-corrected chi connectivity index (χ4v) is 3.21. The van der Waals surface area contributed by atoms with Gasteiger partial charge in [0.2, 0.25) is 5.75 Å². The SMILES string of the molecule is COc1cc(C(=O)/C=C/c2ccc(N3CCNCC3)cc2)cc(OC)c1OC. The molecule has 0 bridgehead atoms. The van der Waals surface area contributed by atoms with Crippen LogP contribution in [0.3, 0.4) is 0 Å². The second kappa shape index (κ2) is 9.28. The first-order chi connectivity index (χ1) is 13.7. The van der Waals surface area contributed by atoms with Crippen LogP contribution in [0.15, 0.2) is 42.5 Å². The van der Waals surface area contributed by atoms with E-state index in [2.05, 4.69) is 22.3 Å². The molecule has 1 saturated heterocycles. The van der Waals surface area contributed by atoms with Crippen LogP contribution in [0.2, 0.25) is 0 Å². The summed E-state index contributed by atoms with van der Waals surface area (Å²) in [5, 5.41) is 3.35. The van der Waals surface area contributed by atoms with Gasteiger partial charge in [-0.1, -0.05) is 18.2 Å². The third-order valence-corrected chi connectivity index (χ3v) is 4.75. The summed E-state index contributed by atoms with van der Waals surface area (Å²) < 4.78 is 15.9. The molecule has 0 atom stereocenters. The number of allylic oxidation sites excluding steroid dienone is 1. The Balaban J connectivity index is 1.74. The van der Waals surface area contributed by atoms with Crippen LogP contribution < -0.4 is 24.4 Å². The summed E-state index contributed by atoms with van der Waals surface area (Å²) in [6.45, 7) is 4.03. The van der Waals surface area contributed by atoms with E-state index in [0.717, 1.165) is 31.7 Å². The summed E-state index contributed by atoms with van der Waals surface area (Å²) in [5.41, 5.74) is 2.65. The molecule has 1 fully saturated rings. The smallest absolute Gasteiger partial charge is 0.203 e. The molecule has 1 N–H and O–H groups in total. The fraction of sp³-hybridized carbons (Fsp3) is 0.318. The predicted molar refractivity (Wildman–Crippen MR) is 111 cm³/mol. The first-order valence-corrected chi connectivity index (χ1v) is 9.24. The maximum Gasteiger partial charge on any atom is 0.203 e. The Morgan fingerprint density at radius 2 is 1.57 bits per heavy atom. The van der Waals surface area contributed by atoms with Crippen molar-refractivity contribution in [3.8, 4) is 17.2 Å². The van der Waals surface area contributed by atoms with Crippen molar-refractivity contribution in [2.24, 2.45) is 0 Å². The molecule has 1 aliphatic heterocycles. The Morgan fingerprint density at radius 1 is 0.964 bits per heavy atom. The molecule has 148 valence electrons. The zero-order valence-electron chi connectivity index (χ0n) is 16.5. The number of piperazine rings is 1. The summed E-state index contributed by atoms with van der Waals surface area (Å²) in [5.74, 6) is 1.25. The highest BCUT2D eigenvalue weighted by atomic mass is 16.5. The normalized spacial score (nSPS) is 14.2. The molecule has 0 amide bonds. The Kier molecular flexibility index (Phi) is 6.55. The maximum atomic E-state index is 12.6. The third kappa shape index (κ3) is 4.46. The number of rotatable bonds is 7. The molecular formula is C22H26N2O4. The summed E-state index contributed by atoms with van der Waals surface area (Å²) in [4.78, 5) is 15.0. The average Bonchev–Trinajstić information content (AvgIpc) is 2.77. The van der Waals surface area contributed by atoms with Crippen molar-refractivity contribution in [3.05, 3.63) is 53.6 Å². The van der Waals surface area contributed by atoms with Gasteiger partial charge >= 0.3 is 0 Å². The van der Waals surface area contributed by atoms with Crippen molar-refractivity contribution in [1.29, 1.82) is 0 Å². The Labute approximate surface area is 165 Å². The molecule has 2 aromatic rings. The number of nitrogens with zero attached hydrogens (tertiary/aromatic N) is 1. The lowest BCUT2D eigenvalue weighted by atomic mass is 10.1. The van der Waals surface area contributed by atoms with Gasteiger partial charge in [0.15, 0.2) is 17.3 Å². The molecule has 0 aromatic heterocycles. The van der Waals surface area contributed by atoms with Gasteiger partial charge in [-0.25, -0.2) is 0 Å². The predicted octanol–water partition coefficient (Wildman–Crippen LogP) is 3.02. The van der Waals surface area contributed by atoms with Crippen molar-refractivity contribution in [2.45, 2.75) is 0 Å². The van der Waals surface area contributed by atoms with Crippen LogP contribution in [0.1, 0.15) is 15.9 Å². The highest BCUT2D eigenvalue weighted by Crippen LogP contribution is 2.38. The molecule has 0 aliphatic carbocycles. The van der Waals surface area contributed by atoms with Gasteiger partial charge in [0.25, 0.3) is 0 Å². The highest BCUT2D eigenvalue weighted by Gasteiger charge is 2.16. The molecule has 1 aliphatic rings. The zero-order chi connectivity index (χ0) is 19.9. The second-order valence-corrected chi connectivity index (χ2v) is 6.44. The van der Waals surface area contributed by atoms with Crippen molar-refractivity contribution in [2.75, 3.05) is 52.4 Å². The van der Waals surface area contributed by atoms with Crippen LogP contribution in [-0.4, -0.2) is 53.3 Å². The fourth-order valence-electron chi connectivity index (χ4n) is 3.21. The van der Waals surface area contributed by atoms with Crippen molar-refractivity contribution >= 4 is 17.5 Å². The van der Waals surface area contributed by atoms with E-state index in [1.165, 1.54) is 27.0 Å². The minimum Gasteiger partial charge on any atom is -0.493 e. The highest BCUT2D eigenvalue weighted by molar-refractivity contribution is 6.07. The molecule has 6 heteroatoms. The Morgan fingerprint density at radius 3 is 2.11 bits per heavy atom. The van der Waals surface area contributed by atoms with E-state index in [0.29, 0.717) is 22.8 Å². The van der Waals surface area contributed by atoms with Gasteiger partial charge in [-0.2, -0.15) is 0 Å². The van der Waals surface area contributed by atoms with Crippen LogP contribution in [0.5, 0.6) is 17.2 Å². The van der Waals surface area contributed by atoms with Gasteiger partial charge in [0.05, 0.1) is 21.3 Å². The number of nitrogens with one attached hydrogen (secondary N) is 1. The number of ether oxygens (including phenoxy) is 3. The van der Waals surface area contributed by atoms with Crippen molar-refractivity contribution in [1.82, 2.24) is 5.32 Å². The van der Waals surface area contributed by atoms with E-state index >= 15 is 0 Å². The lowest BCUT2D eigenvalue weighted by Gasteiger charge is -2.29. The first kappa shape index (κ1) is 19.8. The van der Waals surface area contributed by atoms with Gasteiger partial charge < -0.3 is 24.4 Å². The molecule has 3 rings (SSSR count). The minimum absolute atomic E-state index is 0.134. The molecule has 0 spiro atoms. The number of ketones is 1. The van der Waals surface area contributed by atoms with E-state index in [1.807, 2.05) is 18.2 Å². The molecule has 2 aromatic carbocycles. The van der Waals surface area contributed by atoms with Crippen LogP contribution >= 0.6 is 0 Å². The summed E-state index contributed by atoms with van der Waals surface area (Å²) in [6.07, 6.45) is 3.37.